The first kappa shape index (κ1) is 45.4. The minimum Gasteiger partial charge on any atom is -0.433 e. The molecule has 0 fully saturated rings. The lowest BCUT2D eigenvalue weighted by Crippen LogP contribution is -2.31. The number of aliphatic imine (C=N–C) groups is 1. The Labute approximate surface area is 330 Å². The fourth-order valence-electron chi connectivity index (χ4n) is 3.33. The van der Waals surface area contributed by atoms with Crippen LogP contribution in [-0.4, -0.2) is 56.9 Å². The van der Waals surface area contributed by atoms with E-state index < -0.39 is 29.5 Å². The third-order valence-corrected chi connectivity index (χ3v) is 8.09. The number of nitrogens with zero attached hydrogens (tertiary/aromatic N) is 4. The number of isocyanates is 1. The highest BCUT2D eigenvalue weighted by Gasteiger charge is 2.34. The van der Waals surface area contributed by atoms with Crippen LogP contribution in [0.4, 0.5) is 31.1 Å². The van der Waals surface area contributed by atoms with Gasteiger partial charge < -0.3 is 14.8 Å². The molecule has 52 heavy (non-hydrogen) atoms. The molecule has 10 nitrogen and oxygen atoms in total. The van der Waals surface area contributed by atoms with E-state index in [4.69, 9.17) is 102 Å². The molecule has 0 atom stereocenters. The monoisotopic (exact) mass is 898 g/mol. The predicted molar refractivity (Wildman–Crippen MR) is 187 cm³/mol. The van der Waals surface area contributed by atoms with Crippen LogP contribution >= 0.6 is 92.8 Å². The van der Waals surface area contributed by atoms with Crippen molar-refractivity contribution in [3.63, 3.8) is 0 Å². The van der Waals surface area contributed by atoms with Gasteiger partial charge in [-0.05, 0) is 38.1 Å². The number of carbonyl (C=O) groups is 1. The van der Waals surface area contributed by atoms with Gasteiger partial charge in [0.25, 0.3) is 11.8 Å². The summed E-state index contributed by atoms with van der Waals surface area (Å²) in [6, 6.07) is 2.15. The number of aryl methyl sites for hydroxylation is 1. The number of halogens is 14. The first-order valence-electron chi connectivity index (χ1n) is 13.5. The summed E-state index contributed by atoms with van der Waals surface area (Å²) in [4.78, 5) is 24.3. The van der Waals surface area contributed by atoms with Crippen LogP contribution in [0.15, 0.2) is 29.3 Å². The van der Waals surface area contributed by atoms with Crippen LogP contribution in [0.1, 0.15) is 22.5 Å². The summed E-state index contributed by atoms with van der Waals surface area (Å²) in [5.74, 6) is -0.0833. The third-order valence-electron chi connectivity index (χ3n) is 5.73. The van der Waals surface area contributed by atoms with Gasteiger partial charge in [-0.25, -0.2) is 14.6 Å². The summed E-state index contributed by atoms with van der Waals surface area (Å²) < 4.78 is 87.6. The van der Waals surface area contributed by atoms with Crippen LogP contribution in [0.5, 0.6) is 23.3 Å². The van der Waals surface area contributed by atoms with Crippen LogP contribution in [0.25, 0.3) is 0 Å². The molecule has 0 radical (unpaired) electrons. The SMILES string of the molecule is Cc1[nH]nc(Oc2c(Cl)cc(C(F)(F)F)cc2Cl)c1Cl.Cc1c(Cl)c(Oc2c(Cl)cc(C(F)(F)F)cc2Cl)nn1C(=O)NCCCl.O=C=NCCCl. The Morgan fingerprint density at radius 2 is 1.29 bits per heavy atom. The molecule has 2 heterocycles. The van der Waals surface area contributed by atoms with Gasteiger partial charge in [0.15, 0.2) is 11.5 Å². The Hall–Kier alpha value is -2.79. The third kappa shape index (κ3) is 12.7. The normalized spacial score (nSPS) is 11.1. The Morgan fingerprint density at radius 1 is 0.827 bits per heavy atom. The molecule has 1 amide bonds. The molecular formula is C28H20Cl8F6N6O4. The molecule has 284 valence electrons. The van der Waals surface area contributed by atoms with Crippen LogP contribution in [0.2, 0.25) is 30.1 Å². The van der Waals surface area contributed by atoms with Gasteiger partial charge in [0.05, 0.1) is 49.2 Å². The Balaban J connectivity index is 0.000000319. The van der Waals surface area contributed by atoms with E-state index >= 15 is 0 Å². The number of aromatic amines is 1. The quantitative estimate of drug-likeness (QED) is 0.0786. The number of rotatable bonds is 8. The fourth-order valence-corrected chi connectivity index (χ4v) is 4.92. The number of ether oxygens (including phenoxy) is 2. The van der Waals surface area contributed by atoms with Gasteiger partial charge in [0.2, 0.25) is 6.08 Å². The van der Waals surface area contributed by atoms with Crippen molar-refractivity contribution >= 4 is 105 Å². The van der Waals surface area contributed by atoms with Crippen molar-refractivity contribution in [2.45, 2.75) is 26.2 Å². The lowest BCUT2D eigenvalue weighted by Gasteiger charge is -2.12. The van der Waals surface area contributed by atoms with E-state index in [1.54, 1.807) is 6.92 Å². The largest absolute Gasteiger partial charge is 0.433 e. The maximum absolute atomic E-state index is 12.8. The van der Waals surface area contributed by atoms with Gasteiger partial charge in [-0.1, -0.05) is 69.6 Å². The summed E-state index contributed by atoms with van der Waals surface area (Å²) >= 11 is 45.7. The highest BCUT2D eigenvalue weighted by atomic mass is 35.5. The van der Waals surface area contributed by atoms with Crippen molar-refractivity contribution in [2.75, 3.05) is 24.8 Å². The molecule has 0 spiro atoms. The second-order valence-corrected chi connectivity index (χ2v) is 12.5. The molecule has 0 saturated carbocycles. The summed E-state index contributed by atoms with van der Waals surface area (Å²) in [7, 11) is 0. The van der Waals surface area contributed by atoms with Gasteiger partial charge in [-0.15, -0.1) is 33.4 Å². The summed E-state index contributed by atoms with van der Waals surface area (Å²) in [6.07, 6.45) is -7.81. The molecule has 2 aromatic carbocycles. The standard InChI is InChI=1S/C14H10Cl4F3N3O2.C11H6Cl3F3N2O.C3H4ClNO/c1-6-10(18)12(23-24(6)13(25)22-3-2-15)26-11-8(16)4-7(5-9(11)17)14(19,20)21;1-4-8(14)10(19-18-4)20-9-6(12)2-5(3-7(9)13)11(15,16)17;4-1-2-5-3-6/h4-5H,2-3H2,1H3,(H,22,25);2-3H,1H3,(H,18,19);1-2H2. The Morgan fingerprint density at radius 3 is 1.63 bits per heavy atom. The highest BCUT2D eigenvalue weighted by Crippen LogP contribution is 2.44. The number of aromatic nitrogens is 4. The number of hydrogen-bond donors (Lipinski definition) is 2. The molecular weight excluding hydrogens is 882 g/mol. The van der Waals surface area contributed by atoms with E-state index in [1.807, 2.05) is 0 Å². The summed E-state index contributed by atoms with van der Waals surface area (Å²) in [5.41, 5.74) is -1.22. The molecule has 0 aliphatic carbocycles. The number of carbonyl (C=O) groups excluding carboxylic acids is 2. The van der Waals surface area contributed by atoms with Crippen molar-refractivity contribution in [1.82, 2.24) is 25.3 Å². The molecule has 2 N–H and O–H groups in total. The van der Waals surface area contributed by atoms with Crippen molar-refractivity contribution in [3.05, 3.63) is 76.9 Å². The number of benzene rings is 2. The summed E-state index contributed by atoms with van der Waals surface area (Å²) in [6.45, 7) is 3.73. The number of nitrogens with one attached hydrogen (secondary N) is 2. The Bertz CT molecular complexity index is 1870. The zero-order valence-corrected chi connectivity index (χ0v) is 31.9. The zero-order chi connectivity index (χ0) is 39.6. The average Bonchev–Trinajstić information content (AvgIpc) is 3.53. The minimum atomic E-state index is -4.62. The fraction of sp³-hybridized carbons (Fsp3) is 0.286. The number of alkyl halides is 8. The molecule has 4 aromatic rings. The summed E-state index contributed by atoms with van der Waals surface area (Å²) in [5, 5.41) is 11.5. The van der Waals surface area contributed by atoms with Crippen molar-refractivity contribution in [1.29, 1.82) is 0 Å². The molecule has 0 saturated heterocycles. The molecule has 2 aromatic heterocycles. The topological polar surface area (TPSA) is 123 Å². The maximum atomic E-state index is 12.8. The van der Waals surface area contributed by atoms with E-state index in [0.717, 1.165) is 16.8 Å². The molecule has 0 aliphatic heterocycles. The number of amides is 1. The minimum absolute atomic E-state index is 0.0206. The van der Waals surface area contributed by atoms with Crippen molar-refractivity contribution in [2.24, 2.45) is 4.99 Å². The van der Waals surface area contributed by atoms with Crippen molar-refractivity contribution < 1.29 is 45.4 Å². The maximum Gasteiger partial charge on any atom is 0.416 e. The molecule has 4 rings (SSSR count). The highest BCUT2D eigenvalue weighted by molar-refractivity contribution is 6.38. The smallest absolute Gasteiger partial charge is 0.416 e. The van der Waals surface area contributed by atoms with E-state index in [9.17, 15) is 35.9 Å². The zero-order valence-electron chi connectivity index (χ0n) is 25.9. The van der Waals surface area contributed by atoms with Crippen LogP contribution in [0.3, 0.4) is 0 Å². The van der Waals surface area contributed by atoms with Gasteiger partial charge in [0.1, 0.15) is 10.0 Å². The van der Waals surface area contributed by atoms with Gasteiger partial charge >= 0.3 is 18.4 Å². The average molecular weight is 902 g/mol. The van der Waals surface area contributed by atoms with Crippen LogP contribution in [-0.2, 0) is 17.1 Å². The first-order chi connectivity index (χ1) is 24.2. The van der Waals surface area contributed by atoms with Gasteiger partial charge in [0, 0.05) is 18.3 Å². The van der Waals surface area contributed by atoms with E-state index in [2.05, 4.69) is 25.6 Å². The van der Waals surface area contributed by atoms with Gasteiger partial charge in [-0.3, -0.25) is 5.10 Å². The lowest BCUT2D eigenvalue weighted by atomic mass is 10.2. The second kappa shape index (κ2) is 20.0. The van der Waals surface area contributed by atoms with Crippen molar-refractivity contribution in [3.8, 4) is 23.3 Å². The molecule has 24 heteroatoms. The predicted octanol–water partition coefficient (Wildman–Crippen LogP) is 11.8. The van der Waals surface area contributed by atoms with Gasteiger partial charge in [-0.2, -0.15) is 31.0 Å². The van der Waals surface area contributed by atoms with Crippen LogP contribution < -0.4 is 14.8 Å². The number of H-pyrrole nitrogens is 1. The van der Waals surface area contributed by atoms with Crippen LogP contribution in [0, 0.1) is 13.8 Å². The number of hydrogen-bond acceptors (Lipinski definition) is 7. The molecule has 0 unspecified atom stereocenters. The lowest BCUT2D eigenvalue weighted by molar-refractivity contribution is -0.138. The van der Waals surface area contributed by atoms with E-state index in [-0.39, 0.29) is 71.5 Å². The molecule has 0 aliphatic rings. The van der Waals surface area contributed by atoms with E-state index in [1.165, 1.54) is 13.0 Å². The Kier molecular flexibility index (Phi) is 17.5. The van der Waals surface area contributed by atoms with E-state index in [0.29, 0.717) is 30.3 Å². The first-order valence-corrected chi connectivity index (χ1v) is 16.9. The second-order valence-electron chi connectivity index (χ2n) is 9.40. The molecule has 0 bridgehead atoms.